The van der Waals surface area contributed by atoms with Gasteiger partial charge in [0, 0.05) is 64.7 Å². The highest BCUT2D eigenvalue weighted by Gasteiger charge is 2.38. The molecule has 0 saturated heterocycles. The van der Waals surface area contributed by atoms with Crippen molar-refractivity contribution in [2.75, 3.05) is 60.9 Å². The largest absolute Gasteiger partial charge is 0.378 e. The average Bonchev–Trinajstić information content (AvgIpc) is 3.10. The first-order valence-electron chi connectivity index (χ1n) is 16.6. The van der Waals surface area contributed by atoms with Crippen LogP contribution in [0.2, 0.25) is 0 Å². The molecule has 4 heterocycles. The Hall–Kier alpha value is -5.06. The van der Waals surface area contributed by atoms with E-state index in [4.69, 9.17) is 11.5 Å². The predicted molar refractivity (Wildman–Crippen MR) is 193 cm³/mol. The standard InChI is InChI=1S/2C19H22N4O/c2*1-22(2)13-8-6-12(7-9-13)18-21-19(24)15-5-3-4-14-16(20)10-11-23(18)17(14)15/h2*3-9,16,18H,10-11,20H2,1-2H3,(H,21,24)/t2*16-,18+/m10/s1. The molecule has 2 amide bonds. The van der Waals surface area contributed by atoms with E-state index in [9.17, 15) is 9.59 Å². The van der Waals surface area contributed by atoms with Crippen molar-refractivity contribution >= 4 is 34.6 Å². The first-order valence-corrected chi connectivity index (χ1v) is 16.6. The van der Waals surface area contributed by atoms with Gasteiger partial charge in [0.05, 0.1) is 22.5 Å². The molecule has 10 heteroatoms. The molecule has 0 fully saturated rings. The Kier molecular flexibility index (Phi) is 8.22. The van der Waals surface area contributed by atoms with E-state index in [0.29, 0.717) is 0 Å². The Balaban J connectivity index is 0.000000152. The van der Waals surface area contributed by atoms with Gasteiger partial charge in [0.2, 0.25) is 0 Å². The van der Waals surface area contributed by atoms with Gasteiger partial charge in [-0.3, -0.25) is 9.59 Å². The summed E-state index contributed by atoms with van der Waals surface area (Å²) in [5.74, 6) is -0.0576. The van der Waals surface area contributed by atoms with Crippen LogP contribution < -0.4 is 41.7 Å². The Morgan fingerprint density at radius 1 is 0.583 bits per heavy atom. The topological polar surface area (TPSA) is 123 Å². The van der Waals surface area contributed by atoms with E-state index < -0.39 is 0 Å². The van der Waals surface area contributed by atoms with Crippen molar-refractivity contribution in [3.63, 3.8) is 0 Å². The number of amides is 2. The molecule has 0 aliphatic carbocycles. The molecule has 4 aliphatic heterocycles. The Morgan fingerprint density at radius 2 is 0.958 bits per heavy atom. The summed E-state index contributed by atoms with van der Waals surface area (Å²) < 4.78 is 0. The number of carbonyl (C=O) groups is 2. The zero-order chi connectivity index (χ0) is 33.7. The van der Waals surface area contributed by atoms with E-state index in [1.54, 1.807) is 0 Å². The quantitative estimate of drug-likeness (QED) is 0.250. The smallest absolute Gasteiger partial charge is 0.255 e. The summed E-state index contributed by atoms with van der Waals surface area (Å²) in [6.07, 6.45) is 1.49. The van der Waals surface area contributed by atoms with Crippen LogP contribution in [-0.2, 0) is 0 Å². The minimum atomic E-state index is -0.144. The fourth-order valence-electron chi connectivity index (χ4n) is 7.33. The van der Waals surface area contributed by atoms with Gasteiger partial charge < -0.3 is 41.7 Å². The number of nitrogens with one attached hydrogen (secondary N) is 2. The third-order valence-electron chi connectivity index (χ3n) is 9.97. The van der Waals surface area contributed by atoms with Crippen LogP contribution >= 0.6 is 0 Å². The predicted octanol–water partition coefficient (Wildman–Crippen LogP) is 4.81. The Bertz CT molecular complexity index is 1700. The first kappa shape index (κ1) is 31.5. The van der Waals surface area contributed by atoms with Gasteiger partial charge in [0.25, 0.3) is 11.8 Å². The third kappa shape index (κ3) is 5.50. The summed E-state index contributed by atoms with van der Waals surface area (Å²) in [4.78, 5) is 33.9. The van der Waals surface area contributed by atoms with E-state index in [-0.39, 0.29) is 36.2 Å². The van der Waals surface area contributed by atoms with Crippen LogP contribution in [0.25, 0.3) is 0 Å². The molecular formula is C38H44N8O2. The van der Waals surface area contributed by atoms with Gasteiger partial charge in [-0.25, -0.2) is 0 Å². The molecule has 0 unspecified atom stereocenters. The highest BCUT2D eigenvalue weighted by molar-refractivity contribution is 6.04. The van der Waals surface area contributed by atoms with E-state index >= 15 is 0 Å². The number of nitrogens with zero attached hydrogens (tertiary/aromatic N) is 4. The summed E-state index contributed by atoms with van der Waals surface area (Å²) in [6.45, 7) is 1.68. The first-order chi connectivity index (χ1) is 23.1. The SMILES string of the molecule is CN(C)c1ccc([C@@H]2NC(=O)c3cccc4c3N2CC[C@@H]4N)cc1.CN(C)c1ccc([C@H]2NC(=O)c3cccc4c3N2CC[C@H]4N)cc1. The van der Waals surface area contributed by atoms with Gasteiger partial charge in [0.1, 0.15) is 12.3 Å². The van der Waals surface area contributed by atoms with Gasteiger partial charge in [-0.05, 0) is 71.5 Å². The van der Waals surface area contributed by atoms with Crippen molar-refractivity contribution in [2.24, 2.45) is 11.5 Å². The maximum atomic E-state index is 12.6. The average molecular weight is 645 g/mol. The number of anilines is 4. The zero-order valence-electron chi connectivity index (χ0n) is 28.0. The zero-order valence-corrected chi connectivity index (χ0v) is 28.0. The molecule has 0 spiro atoms. The van der Waals surface area contributed by atoms with Crippen LogP contribution in [0.3, 0.4) is 0 Å². The lowest BCUT2D eigenvalue weighted by molar-refractivity contribution is 0.0916. The molecule has 4 aromatic carbocycles. The molecule has 4 aliphatic rings. The fraction of sp³-hybridized carbons (Fsp3) is 0.316. The minimum absolute atomic E-state index is 0.00105. The number of para-hydroxylation sites is 2. The van der Waals surface area contributed by atoms with Crippen molar-refractivity contribution < 1.29 is 9.59 Å². The van der Waals surface area contributed by atoms with E-state index in [1.807, 2.05) is 64.6 Å². The minimum Gasteiger partial charge on any atom is -0.378 e. The van der Waals surface area contributed by atoms with Crippen LogP contribution in [0.5, 0.6) is 0 Å². The number of hydrogen-bond donors (Lipinski definition) is 4. The number of benzene rings is 4. The van der Waals surface area contributed by atoms with Gasteiger partial charge in [0.15, 0.2) is 0 Å². The van der Waals surface area contributed by atoms with E-state index in [1.165, 1.54) is 0 Å². The lowest BCUT2D eigenvalue weighted by Gasteiger charge is -2.44. The van der Waals surface area contributed by atoms with Crippen LogP contribution in [-0.4, -0.2) is 53.1 Å². The number of carbonyl (C=O) groups excluding carboxylic acids is 2. The summed E-state index contributed by atoms with van der Waals surface area (Å²) in [5.41, 5.74) is 22.6. The summed E-state index contributed by atoms with van der Waals surface area (Å²) in [5, 5.41) is 6.29. The molecule has 10 nitrogen and oxygen atoms in total. The number of nitrogens with two attached hydrogens (primary N) is 2. The molecule has 4 aromatic rings. The van der Waals surface area contributed by atoms with Crippen molar-refractivity contribution in [3.8, 4) is 0 Å². The van der Waals surface area contributed by atoms with Crippen LogP contribution in [0, 0.1) is 0 Å². The highest BCUT2D eigenvalue weighted by atomic mass is 16.2. The van der Waals surface area contributed by atoms with Crippen LogP contribution in [0.15, 0.2) is 84.9 Å². The van der Waals surface area contributed by atoms with Crippen LogP contribution in [0.4, 0.5) is 22.7 Å². The summed E-state index contributed by atoms with van der Waals surface area (Å²) in [7, 11) is 8.08. The molecule has 248 valence electrons. The normalized spacial score (nSPS) is 22.0. The second-order valence-electron chi connectivity index (χ2n) is 13.4. The monoisotopic (exact) mass is 644 g/mol. The molecular weight excluding hydrogens is 600 g/mol. The second kappa shape index (κ2) is 12.5. The summed E-state index contributed by atoms with van der Waals surface area (Å²) >= 11 is 0. The van der Waals surface area contributed by atoms with Crippen molar-refractivity contribution in [3.05, 3.63) is 118 Å². The van der Waals surface area contributed by atoms with Gasteiger partial charge >= 0.3 is 0 Å². The van der Waals surface area contributed by atoms with Gasteiger partial charge in [-0.15, -0.1) is 0 Å². The fourth-order valence-corrected chi connectivity index (χ4v) is 7.33. The van der Waals surface area contributed by atoms with Gasteiger partial charge in [-0.2, -0.15) is 0 Å². The maximum Gasteiger partial charge on any atom is 0.255 e. The molecule has 0 saturated carbocycles. The lowest BCUT2D eigenvalue weighted by Crippen LogP contribution is -2.49. The van der Waals surface area contributed by atoms with Crippen molar-refractivity contribution in [1.29, 1.82) is 0 Å². The molecule has 48 heavy (non-hydrogen) atoms. The molecule has 6 N–H and O–H groups in total. The lowest BCUT2D eigenvalue weighted by atomic mass is 9.90. The highest BCUT2D eigenvalue weighted by Crippen LogP contribution is 2.43. The number of rotatable bonds is 4. The molecule has 8 rings (SSSR count). The molecule has 0 bridgehead atoms. The van der Waals surface area contributed by atoms with Crippen LogP contribution in [0.1, 0.15) is 80.2 Å². The van der Waals surface area contributed by atoms with Crippen molar-refractivity contribution in [1.82, 2.24) is 10.6 Å². The van der Waals surface area contributed by atoms with Crippen molar-refractivity contribution in [2.45, 2.75) is 37.3 Å². The van der Waals surface area contributed by atoms with Gasteiger partial charge in [-0.1, -0.05) is 48.5 Å². The third-order valence-corrected chi connectivity index (χ3v) is 9.97. The molecule has 0 aromatic heterocycles. The second-order valence-corrected chi connectivity index (χ2v) is 13.4. The Morgan fingerprint density at radius 3 is 1.31 bits per heavy atom. The van der Waals surface area contributed by atoms with E-state index in [0.717, 1.165) is 82.1 Å². The summed E-state index contributed by atoms with van der Waals surface area (Å²) in [6, 6.07) is 28.4. The van der Waals surface area contributed by atoms with E-state index in [2.05, 4.69) is 78.8 Å². The molecule has 0 radical (unpaired) electrons. The molecule has 4 atom stereocenters. The maximum absolute atomic E-state index is 12.6. The Labute approximate surface area is 282 Å². The number of hydrogen-bond acceptors (Lipinski definition) is 8.